The fraction of sp³-hybridized carbons (Fsp3) is 0.231. The lowest BCUT2D eigenvalue weighted by Gasteiger charge is -2.17. The molecule has 17 heavy (non-hydrogen) atoms. The summed E-state index contributed by atoms with van der Waals surface area (Å²) in [5.41, 5.74) is 1.05. The lowest BCUT2D eigenvalue weighted by Crippen LogP contribution is -2.18. The van der Waals surface area contributed by atoms with Crippen molar-refractivity contribution in [1.82, 2.24) is 5.32 Å². The molecule has 0 bridgehead atoms. The molecule has 0 aliphatic rings. The van der Waals surface area contributed by atoms with Crippen molar-refractivity contribution in [3.63, 3.8) is 0 Å². The summed E-state index contributed by atoms with van der Waals surface area (Å²) in [6.07, 6.45) is 0.925. The number of benzene rings is 1. The fourth-order valence-corrected chi connectivity index (χ4v) is 2.96. The molecule has 1 unspecified atom stereocenters. The summed E-state index contributed by atoms with van der Waals surface area (Å²) in [6.45, 7) is 0. The lowest BCUT2D eigenvalue weighted by molar-refractivity contribution is 0.597. The maximum absolute atomic E-state index is 6.21. The zero-order valence-corrected chi connectivity index (χ0v) is 11.7. The zero-order chi connectivity index (χ0) is 12.3. The van der Waals surface area contributed by atoms with Gasteiger partial charge in [0.1, 0.15) is 0 Å². The molecule has 0 fully saturated rings. The van der Waals surface area contributed by atoms with Crippen LogP contribution in [-0.2, 0) is 6.42 Å². The SMILES string of the molecule is CNC(Cc1cccs1)c1cc(Cl)ccc1Cl. The van der Waals surface area contributed by atoms with E-state index in [9.17, 15) is 0 Å². The Kier molecular flexibility index (Phi) is 4.46. The summed E-state index contributed by atoms with van der Waals surface area (Å²) in [4.78, 5) is 1.33. The van der Waals surface area contributed by atoms with E-state index >= 15 is 0 Å². The van der Waals surface area contributed by atoms with E-state index < -0.39 is 0 Å². The molecular formula is C13H13Cl2NS. The topological polar surface area (TPSA) is 12.0 Å². The lowest BCUT2D eigenvalue weighted by atomic mass is 10.0. The number of hydrogen-bond donors (Lipinski definition) is 1. The van der Waals surface area contributed by atoms with Gasteiger partial charge in [0.05, 0.1) is 0 Å². The molecule has 0 aliphatic carbocycles. The highest BCUT2D eigenvalue weighted by atomic mass is 35.5. The standard InChI is InChI=1S/C13H13Cl2NS/c1-16-13(8-10-3-2-6-17-10)11-7-9(14)4-5-12(11)15/h2-7,13,16H,8H2,1H3. The molecule has 0 spiro atoms. The highest BCUT2D eigenvalue weighted by molar-refractivity contribution is 7.09. The quantitative estimate of drug-likeness (QED) is 0.869. The minimum atomic E-state index is 0.194. The second-order valence-corrected chi connectivity index (χ2v) is 5.67. The molecule has 1 nitrogen and oxygen atoms in total. The van der Waals surface area contributed by atoms with Gasteiger partial charge in [-0.25, -0.2) is 0 Å². The average Bonchev–Trinajstić information content (AvgIpc) is 2.82. The molecular weight excluding hydrogens is 273 g/mol. The van der Waals surface area contributed by atoms with Crippen molar-refractivity contribution in [2.75, 3.05) is 7.05 Å². The maximum atomic E-state index is 6.21. The molecule has 0 radical (unpaired) electrons. The highest BCUT2D eigenvalue weighted by Crippen LogP contribution is 2.29. The Morgan fingerprint density at radius 3 is 2.76 bits per heavy atom. The first-order valence-electron chi connectivity index (χ1n) is 5.35. The molecule has 2 aromatic rings. The number of thiophene rings is 1. The van der Waals surface area contributed by atoms with Gasteiger partial charge in [0.15, 0.2) is 0 Å². The van der Waals surface area contributed by atoms with Gasteiger partial charge in [-0.2, -0.15) is 0 Å². The molecule has 1 aromatic heterocycles. The van der Waals surface area contributed by atoms with Crippen molar-refractivity contribution >= 4 is 34.5 Å². The van der Waals surface area contributed by atoms with Crippen molar-refractivity contribution in [2.24, 2.45) is 0 Å². The van der Waals surface area contributed by atoms with Crippen molar-refractivity contribution in [1.29, 1.82) is 0 Å². The van der Waals surface area contributed by atoms with Gasteiger partial charge in [-0.15, -0.1) is 11.3 Å². The molecule has 0 aliphatic heterocycles. The molecule has 1 N–H and O–H groups in total. The second-order valence-electron chi connectivity index (χ2n) is 3.79. The van der Waals surface area contributed by atoms with Crippen LogP contribution >= 0.6 is 34.5 Å². The predicted octanol–water partition coefficient (Wildman–Crippen LogP) is 4.56. The van der Waals surface area contributed by atoms with Crippen LogP contribution in [0.4, 0.5) is 0 Å². The summed E-state index contributed by atoms with van der Waals surface area (Å²) in [6, 6.07) is 9.97. The molecule has 2 rings (SSSR count). The third-order valence-corrected chi connectivity index (χ3v) is 4.15. The van der Waals surface area contributed by atoms with E-state index in [2.05, 4.69) is 22.8 Å². The van der Waals surface area contributed by atoms with Gasteiger partial charge >= 0.3 is 0 Å². The number of nitrogens with one attached hydrogen (secondary N) is 1. The van der Waals surface area contributed by atoms with Crippen molar-refractivity contribution in [3.05, 3.63) is 56.2 Å². The monoisotopic (exact) mass is 285 g/mol. The largest absolute Gasteiger partial charge is 0.313 e. The molecule has 0 amide bonds. The Morgan fingerprint density at radius 1 is 1.29 bits per heavy atom. The summed E-state index contributed by atoms with van der Waals surface area (Å²) < 4.78 is 0. The Bertz CT molecular complexity index is 482. The molecule has 1 aromatic carbocycles. The summed E-state index contributed by atoms with van der Waals surface area (Å²) in [5, 5.41) is 6.85. The zero-order valence-electron chi connectivity index (χ0n) is 9.41. The second kappa shape index (κ2) is 5.87. The molecule has 1 heterocycles. The number of likely N-dealkylation sites (N-methyl/N-ethyl adjacent to an activating group) is 1. The van der Waals surface area contributed by atoms with Crippen LogP contribution in [0.25, 0.3) is 0 Å². The van der Waals surface area contributed by atoms with Gasteiger partial charge in [0.25, 0.3) is 0 Å². The smallest absolute Gasteiger partial charge is 0.0454 e. The minimum absolute atomic E-state index is 0.194. The van der Waals surface area contributed by atoms with Crippen molar-refractivity contribution < 1.29 is 0 Å². The van der Waals surface area contributed by atoms with E-state index in [0.29, 0.717) is 0 Å². The first kappa shape index (κ1) is 12.9. The third-order valence-electron chi connectivity index (χ3n) is 2.67. The average molecular weight is 286 g/mol. The van der Waals surface area contributed by atoms with E-state index in [0.717, 1.165) is 22.0 Å². The van der Waals surface area contributed by atoms with Gasteiger partial charge in [-0.05, 0) is 42.3 Å². The van der Waals surface area contributed by atoms with E-state index in [-0.39, 0.29) is 6.04 Å². The van der Waals surface area contributed by atoms with Crippen LogP contribution in [0.2, 0.25) is 10.0 Å². The van der Waals surface area contributed by atoms with E-state index in [4.69, 9.17) is 23.2 Å². The summed E-state index contributed by atoms with van der Waals surface area (Å²) >= 11 is 14.0. The minimum Gasteiger partial charge on any atom is -0.313 e. The van der Waals surface area contributed by atoms with Crippen molar-refractivity contribution in [2.45, 2.75) is 12.5 Å². The molecule has 4 heteroatoms. The van der Waals surface area contributed by atoms with Gasteiger partial charge in [-0.1, -0.05) is 29.3 Å². The first-order valence-corrected chi connectivity index (χ1v) is 6.99. The highest BCUT2D eigenvalue weighted by Gasteiger charge is 2.14. The molecule has 1 atom stereocenters. The van der Waals surface area contributed by atoms with Gasteiger partial charge in [0.2, 0.25) is 0 Å². The Morgan fingerprint density at radius 2 is 2.12 bits per heavy atom. The van der Waals surface area contributed by atoms with Gasteiger partial charge in [-0.3, -0.25) is 0 Å². The maximum Gasteiger partial charge on any atom is 0.0454 e. The first-order chi connectivity index (χ1) is 8.20. The molecule has 90 valence electrons. The van der Waals surface area contributed by atoms with Crippen LogP contribution in [0.3, 0.4) is 0 Å². The number of rotatable bonds is 4. The Labute approximate surface area is 115 Å². The van der Waals surface area contributed by atoms with Crippen LogP contribution in [-0.4, -0.2) is 7.05 Å². The van der Waals surface area contributed by atoms with E-state index in [1.54, 1.807) is 11.3 Å². The van der Waals surface area contributed by atoms with E-state index in [1.807, 2.05) is 25.2 Å². The van der Waals surface area contributed by atoms with Gasteiger partial charge < -0.3 is 5.32 Å². The van der Waals surface area contributed by atoms with Gasteiger partial charge in [0, 0.05) is 27.4 Å². The summed E-state index contributed by atoms with van der Waals surface area (Å²) in [7, 11) is 1.94. The number of halogens is 2. The molecule has 0 saturated carbocycles. The number of hydrogen-bond acceptors (Lipinski definition) is 2. The van der Waals surface area contributed by atoms with Crippen LogP contribution < -0.4 is 5.32 Å². The van der Waals surface area contributed by atoms with Crippen LogP contribution in [0.1, 0.15) is 16.5 Å². The predicted molar refractivity (Wildman–Crippen MR) is 76.3 cm³/mol. The van der Waals surface area contributed by atoms with Crippen LogP contribution in [0, 0.1) is 0 Å². The fourth-order valence-electron chi connectivity index (χ4n) is 1.78. The Balaban J connectivity index is 2.25. The van der Waals surface area contributed by atoms with Crippen LogP contribution in [0.5, 0.6) is 0 Å². The molecule has 0 saturated heterocycles. The van der Waals surface area contributed by atoms with E-state index in [1.165, 1.54) is 4.88 Å². The third kappa shape index (κ3) is 3.23. The summed E-state index contributed by atoms with van der Waals surface area (Å²) in [5.74, 6) is 0. The van der Waals surface area contributed by atoms with Crippen LogP contribution in [0.15, 0.2) is 35.7 Å². The normalized spacial score (nSPS) is 12.6. The Hall–Kier alpha value is -0.540. The van der Waals surface area contributed by atoms with Crippen molar-refractivity contribution in [3.8, 4) is 0 Å².